The Morgan fingerprint density at radius 2 is 1.81 bits per heavy atom. The molecule has 0 aromatic carbocycles. The average Bonchev–Trinajstić information content (AvgIpc) is 3.24. The minimum absolute atomic E-state index is 0.450. The fourth-order valence-corrected chi connectivity index (χ4v) is 8.23. The Bertz CT molecular complexity index is 447. The van der Waals surface area contributed by atoms with E-state index < -0.39 is 0 Å². The molecule has 0 amide bonds. The van der Waals surface area contributed by atoms with Crippen molar-refractivity contribution in [3.63, 3.8) is 0 Å². The molecule has 0 radical (unpaired) electrons. The molecule has 4 bridgehead atoms. The van der Waals surface area contributed by atoms with Crippen molar-refractivity contribution in [2.45, 2.75) is 32.1 Å². The molecule has 0 saturated heterocycles. The number of fused-ring (bicyclic) bond motifs is 12. The molecule has 5 fully saturated rings. The number of hydrogen-bond acceptors (Lipinski definition) is 2. The molecular formula is C19H28O2. The maximum Gasteiger partial charge on any atom is 0.0903 e. The topological polar surface area (TPSA) is 29.5 Å². The van der Waals surface area contributed by atoms with Crippen molar-refractivity contribution in [2.75, 3.05) is 13.2 Å². The van der Waals surface area contributed by atoms with Gasteiger partial charge in [0.2, 0.25) is 0 Å². The van der Waals surface area contributed by atoms with E-state index in [4.69, 9.17) is 4.74 Å². The second-order valence-electron chi connectivity index (χ2n) is 8.63. The first-order valence-electron chi connectivity index (χ1n) is 9.16. The minimum Gasteiger partial charge on any atom is -0.502 e. The average molecular weight is 288 g/mol. The van der Waals surface area contributed by atoms with E-state index in [1.807, 2.05) is 0 Å². The summed E-state index contributed by atoms with van der Waals surface area (Å²) >= 11 is 0. The van der Waals surface area contributed by atoms with Gasteiger partial charge in [0.25, 0.3) is 0 Å². The van der Waals surface area contributed by atoms with Gasteiger partial charge in [0.15, 0.2) is 0 Å². The molecule has 5 saturated carbocycles. The molecule has 5 rings (SSSR count). The van der Waals surface area contributed by atoms with Crippen LogP contribution in [0, 0.1) is 59.2 Å². The number of aliphatic hydroxyl groups excluding tert-OH is 1. The van der Waals surface area contributed by atoms with Crippen LogP contribution in [-0.2, 0) is 4.74 Å². The zero-order valence-electron chi connectivity index (χ0n) is 12.9. The number of aliphatic hydroxyl groups is 1. The summed E-state index contributed by atoms with van der Waals surface area (Å²) in [5, 5.41) is 9.73. The lowest BCUT2D eigenvalue weighted by atomic mass is 9.61. The van der Waals surface area contributed by atoms with E-state index in [-0.39, 0.29) is 0 Å². The van der Waals surface area contributed by atoms with Gasteiger partial charge < -0.3 is 9.84 Å². The summed E-state index contributed by atoms with van der Waals surface area (Å²) in [4.78, 5) is 0. The van der Waals surface area contributed by atoms with Gasteiger partial charge in [-0.3, -0.25) is 0 Å². The molecule has 10 atom stereocenters. The summed E-state index contributed by atoms with van der Waals surface area (Å²) in [5.74, 6) is 9.26. The highest BCUT2D eigenvalue weighted by atomic mass is 16.5. The molecule has 5 aliphatic carbocycles. The molecule has 0 heterocycles. The van der Waals surface area contributed by atoms with Crippen LogP contribution in [0.2, 0.25) is 0 Å². The molecule has 2 nitrogen and oxygen atoms in total. The lowest BCUT2D eigenvalue weighted by Crippen LogP contribution is -2.41. The fraction of sp³-hybridized carbons (Fsp3) is 0.895. The van der Waals surface area contributed by atoms with Crippen LogP contribution in [0.1, 0.15) is 32.1 Å². The van der Waals surface area contributed by atoms with Gasteiger partial charge in [-0.15, -0.1) is 0 Å². The van der Waals surface area contributed by atoms with E-state index in [1.54, 1.807) is 6.26 Å². The second-order valence-corrected chi connectivity index (χ2v) is 8.63. The molecule has 5 aliphatic rings. The molecule has 21 heavy (non-hydrogen) atoms. The third kappa shape index (κ3) is 1.53. The van der Waals surface area contributed by atoms with Crippen LogP contribution in [0.5, 0.6) is 0 Å². The standard InChI is InChI=1S/C19H28O2/c1-2-21-9-12-5-11-6-14(12)19-15-7-16(18(11)19)17-10(8-20)3-4-13(15)17/h2,10-20H,1,3-9H2. The summed E-state index contributed by atoms with van der Waals surface area (Å²) in [7, 11) is 0. The lowest BCUT2D eigenvalue weighted by Gasteiger charge is -2.44. The second kappa shape index (κ2) is 4.50. The van der Waals surface area contributed by atoms with E-state index in [1.165, 1.54) is 32.1 Å². The normalized spacial score (nSPS) is 59.3. The highest BCUT2D eigenvalue weighted by Crippen LogP contribution is 2.74. The van der Waals surface area contributed by atoms with Gasteiger partial charge in [0, 0.05) is 6.61 Å². The Balaban J connectivity index is 1.40. The smallest absolute Gasteiger partial charge is 0.0903 e. The van der Waals surface area contributed by atoms with E-state index >= 15 is 0 Å². The fourth-order valence-electron chi connectivity index (χ4n) is 8.23. The van der Waals surface area contributed by atoms with Gasteiger partial charge in [-0.25, -0.2) is 0 Å². The molecule has 10 unspecified atom stereocenters. The maximum absolute atomic E-state index is 9.73. The highest BCUT2D eigenvalue weighted by Gasteiger charge is 2.68. The molecular weight excluding hydrogens is 260 g/mol. The van der Waals surface area contributed by atoms with E-state index in [9.17, 15) is 5.11 Å². The predicted octanol–water partition coefficient (Wildman–Crippen LogP) is 3.32. The number of rotatable bonds is 4. The number of ether oxygens (including phenoxy) is 1. The van der Waals surface area contributed by atoms with Crippen molar-refractivity contribution in [1.82, 2.24) is 0 Å². The van der Waals surface area contributed by atoms with E-state index in [0.29, 0.717) is 12.5 Å². The Labute approximate surface area is 127 Å². The lowest BCUT2D eigenvalue weighted by molar-refractivity contribution is 0.0107. The van der Waals surface area contributed by atoms with Crippen LogP contribution in [0.25, 0.3) is 0 Å². The molecule has 0 aliphatic heterocycles. The molecule has 116 valence electrons. The van der Waals surface area contributed by atoms with Crippen molar-refractivity contribution in [2.24, 2.45) is 59.2 Å². The zero-order chi connectivity index (χ0) is 14.1. The van der Waals surface area contributed by atoms with Crippen LogP contribution < -0.4 is 0 Å². The first-order chi connectivity index (χ1) is 10.3. The van der Waals surface area contributed by atoms with Crippen molar-refractivity contribution in [3.8, 4) is 0 Å². The SMILES string of the molecule is C=COCC1CC2CC1C1C3CC(C4C(CO)CCC34)C21. The molecule has 0 aromatic rings. The first kappa shape index (κ1) is 13.0. The van der Waals surface area contributed by atoms with Crippen LogP contribution in [0.15, 0.2) is 12.8 Å². The van der Waals surface area contributed by atoms with Gasteiger partial charge in [-0.1, -0.05) is 6.58 Å². The van der Waals surface area contributed by atoms with Crippen LogP contribution in [0.3, 0.4) is 0 Å². The van der Waals surface area contributed by atoms with Crippen molar-refractivity contribution < 1.29 is 9.84 Å². The van der Waals surface area contributed by atoms with Crippen LogP contribution in [-0.4, -0.2) is 18.3 Å². The summed E-state index contributed by atoms with van der Waals surface area (Å²) in [6, 6.07) is 0. The maximum atomic E-state index is 9.73. The van der Waals surface area contributed by atoms with Gasteiger partial charge in [0.05, 0.1) is 12.9 Å². The predicted molar refractivity (Wildman–Crippen MR) is 81.2 cm³/mol. The van der Waals surface area contributed by atoms with E-state index in [2.05, 4.69) is 6.58 Å². The van der Waals surface area contributed by atoms with Crippen LogP contribution in [0.4, 0.5) is 0 Å². The third-order valence-corrected chi connectivity index (χ3v) is 8.42. The summed E-state index contributed by atoms with van der Waals surface area (Å²) < 4.78 is 5.55. The Morgan fingerprint density at radius 1 is 0.905 bits per heavy atom. The largest absolute Gasteiger partial charge is 0.502 e. The molecule has 0 aromatic heterocycles. The molecule has 1 N–H and O–H groups in total. The molecule has 2 heteroatoms. The van der Waals surface area contributed by atoms with Crippen molar-refractivity contribution >= 4 is 0 Å². The monoisotopic (exact) mass is 288 g/mol. The van der Waals surface area contributed by atoms with Crippen molar-refractivity contribution in [1.29, 1.82) is 0 Å². The Hall–Kier alpha value is -0.500. The van der Waals surface area contributed by atoms with Crippen molar-refractivity contribution in [3.05, 3.63) is 12.8 Å². The number of hydrogen-bond donors (Lipinski definition) is 1. The quantitative estimate of drug-likeness (QED) is 0.635. The van der Waals surface area contributed by atoms with Gasteiger partial charge in [-0.2, -0.15) is 0 Å². The summed E-state index contributed by atoms with van der Waals surface area (Å²) in [6.45, 7) is 5.07. The third-order valence-electron chi connectivity index (χ3n) is 8.42. The summed E-state index contributed by atoms with van der Waals surface area (Å²) in [6.07, 6.45) is 8.73. The minimum atomic E-state index is 0.450. The Morgan fingerprint density at radius 3 is 2.62 bits per heavy atom. The first-order valence-corrected chi connectivity index (χ1v) is 9.16. The van der Waals surface area contributed by atoms with Gasteiger partial charge in [0.1, 0.15) is 0 Å². The van der Waals surface area contributed by atoms with Gasteiger partial charge in [-0.05, 0) is 91.3 Å². The zero-order valence-corrected chi connectivity index (χ0v) is 12.9. The highest BCUT2D eigenvalue weighted by molar-refractivity contribution is 5.16. The summed E-state index contributed by atoms with van der Waals surface area (Å²) in [5.41, 5.74) is 0. The van der Waals surface area contributed by atoms with E-state index in [0.717, 1.165) is 59.9 Å². The molecule has 0 spiro atoms. The van der Waals surface area contributed by atoms with Gasteiger partial charge >= 0.3 is 0 Å². The van der Waals surface area contributed by atoms with Crippen LogP contribution >= 0.6 is 0 Å². The Kier molecular flexibility index (Phi) is 2.78.